The number of aromatic nitrogens is 2. The molecule has 1 atom stereocenters. The number of nitrogens with zero attached hydrogens (tertiary/aromatic N) is 3. The Morgan fingerprint density at radius 1 is 1.19 bits per heavy atom. The predicted octanol–water partition coefficient (Wildman–Crippen LogP) is 3.05. The number of benzene rings is 2. The summed E-state index contributed by atoms with van der Waals surface area (Å²) in [4.78, 5) is 27.6. The number of rotatable bonds is 6. The fourth-order valence-electron chi connectivity index (χ4n) is 3.93. The second kappa shape index (κ2) is 8.63. The summed E-state index contributed by atoms with van der Waals surface area (Å²) < 4.78 is 6.80. The standard InChI is InChI=1S/C24H26N4O3/c1-16-6-8-19(9-7-16)28-24(25)21(14-26-28)23(30)18-10-11-27(15-18)22(29)13-17-4-3-5-20(12-17)31-2/h3-9,12,14,18H,10-11,13,15,25H2,1-2H3/t18-/m0/s1. The molecule has 0 bridgehead atoms. The van der Waals surface area contributed by atoms with Gasteiger partial charge in [0.05, 0.1) is 31.0 Å². The molecule has 7 heteroatoms. The molecule has 1 aliphatic rings. The lowest BCUT2D eigenvalue weighted by Crippen LogP contribution is -2.31. The zero-order valence-corrected chi connectivity index (χ0v) is 17.7. The number of hydrogen-bond donors (Lipinski definition) is 1. The van der Waals surface area contributed by atoms with E-state index >= 15 is 0 Å². The van der Waals surface area contributed by atoms with E-state index in [0.29, 0.717) is 30.9 Å². The molecule has 2 heterocycles. The van der Waals surface area contributed by atoms with Gasteiger partial charge in [-0.05, 0) is 43.2 Å². The molecule has 1 aliphatic heterocycles. The highest BCUT2D eigenvalue weighted by Gasteiger charge is 2.33. The number of aryl methyl sites for hydroxylation is 1. The van der Waals surface area contributed by atoms with Crippen LogP contribution in [0.5, 0.6) is 5.75 Å². The van der Waals surface area contributed by atoms with Crippen LogP contribution >= 0.6 is 0 Å². The van der Waals surface area contributed by atoms with Gasteiger partial charge in [0.2, 0.25) is 5.91 Å². The van der Waals surface area contributed by atoms with Gasteiger partial charge in [0.25, 0.3) is 0 Å². The van der Waals surface area contributed by atoms with Gasteiger partial charge < -0.3 is 15.4 Å². The molecule has 0 saturated carbocycles. The number of carbonyl (C=O) groups is 2. The molecule has 3 aromatic rings. The average molecular weight is 418 g/mol. The number of ketones is 1. The zero-order valence-electron chi connectivity index (χ0n) is 17.7. The van der Waals surface area contributed by atoms with Gasteiger partial charge in [0.1, 0.15) is 11.6 Å². The SMILES string of the molecule is COc1cccc(CC(=O)N2CC[C@H](C(=O)c3cnn(-c4ccc(C)cc4)c3N)C2)c1. The number of carbonyl (C=O) groups excluding carboxylic acids is 2. The van der Waals surface area contributed by atoms with Crippen LogP contribution in [0, 0.1) is 12.8 Å². The Bertz CT molecular complexity index is 1100. The number of Topliss-reactive ketones (excluding diaryl/α,β-unsaturated/α-hetero) is 1. The first-order valence-electron chi connectivity index (χ1n) is 10.3. The number of methoxy groups -OCH3 is 1. The third kappa shape index (κ3) is 4.30. The van der Waals surface area contributed by atoms with E-state index in [2.05, 4.69) is 5.10 Å². The summed E-state index contributed by atoms with van der Waals surface area (Å²) in [5.74, 6) is 0.725. The van der Waals surface area contributed by atoms with E-state index in [1.165, 1.54) is 6.20 Å². The molecule has 2 aromatic carbocycles. The number of amides is 1. The summed E-state index contributed by atoms with van der Waals surface area (Å²) in [7, 11) is 1.60. The van der Waals surface area contributed by atoms with Crippen LogP contribution in [0.4, 0.5) is 5.82 Å². The summed E-state index contributed by atoms with van der Waals surface area (Å²) in [6.45, 7) is 2.97. The van der Waals surface area contributed by atoms with Crippen molar-refractivity contribution in [2.75, 3.05) is 25.9 Å². The van der Waals surface area contributed by atoms with Crippen molar-refractivity contribution >= 4 is 17.5 Å². The Kier molecular flexibility index (Phi) is 5.75. The molecule has 31 heavy (non-hydrogen) atoms. The number of nitrogen functional groups attached to an aromatic ring is 1. The number of nitrogens with two attached hydrogens (primary N) is 1. The van der Waals surface area contributed by atoms with Gasteiger partial charge in [0, 0.05) is 19.0 Å². The van der Waals surface area contributed by atoms with Gasteiger partial charge in [-0.2, -0.15) is 5.10 Å². The predicted molar refractivity (Wildman–Crippen MR) is 118 cm³/mol. The lowest BCUT2D eigenvalue weighted by molar-refractivity contribution is -0.129. The van der Waals surface area contributed by atoms with Crippen LogP contribution in [0.2, 0.25) is 0 Å². The molecule has 1 amide bonds. The van der Waals surface area contributed by atoms with Crippen LogP contribution in [0.15, 0.2) is 54.7 Å². The monoisotopic (exact) mass is 418 g/mol. The third-order valence-corrected chi connectivity index (χ3v) is 5.75. The van der Waals surface area contributed by atoms with E-state index in [9.17, 15) is 9.59 Å². The molecule has 160 valence electrons. The molecule has 1 saturated heterocycles. The summed E-state index contributed by atoms with van der Waals surface area (Å²) in [5.41, 5.74) is 9.50. The zero-order chi connectivity index (χ0) is 22.0. The Hall–Kier alpha value is -3.61. The van der Waals surface area contributed by atoms with Crippen LogP contribution in [0.25, 0.3) is 5.69 Å². The van der Waals surface area contributed by atoms with Crippen LogP contribution in [-0.4, -0.2) is 46.6 Å². The van der Waals surface area contributed by atoms with Gasteiger partial charge in [0.15, 0.2) is 5.78 Å². The maximum absolute atomic E-state index is 13.1. The highest BCUT2D eigenvalue weighted by Crippen LogP contribution is 2.26. The first-order valence-corrected chi connectivity index (χ1v) is 10.3. The largest absolute Gasteiger partial charge is 0.497 e. The number of anilines is 1. The second-order valence-corrected chi connectivity index (χ2v) is 7.91. The molecule has 1 aromatic heterocycles. The Morgan fingerprint density at radius 2 is 1.97 bits per heavy atom. The molecule has 1 fully saturated rings. The molecule has 0 spiro atoms. The van der Waals surface area contributed by atoms with Crippen molar-refractivity contribution in [2.24, 2.45) is 5.92 Å². The fourth-order valence-corrected chi connectivity index (χ4v) is 3.93. The van der Waals surface area contributed by atoms with Crippen molar-refractivity contribution in [3.8, 4) is 11.4 Å². The number of hydrogen-bond acceptors (Lipinski definition) is 5. The molecule has 4 rings (SSSR count). The smallest absolute Gasteiger partial charge is 0.227 e. The minimum absolute atomic E-state index is 0.00637. The van der Waals surface area contributed by atoms with Crippen LogP contribution in [0.1, 0.15) is 27.9 Å². The summed E-state index contributed by atoms with van der Waals surface area (Å²) >= 11 is 0. The van der Waals surface area contributed by atoms with Gasteiger partial charge in [-0.15, -0.1) is 0 Å². The first-order chi connectivity index (χ1) is 15.0. The van der Waals surface area contributed by atoms with Gasteiger partial charge in [-0.1, -0.05) is 29.8 Å². The molecule has 7 nitrogen and oxygen atoms in total. The van der Waals surface area contributed by atoms with Crippen molar-refractivity contribution in [2.45, 2.75) is 19.8 Å². The first kappa shape index (κ1) is 20.7. The minimum atomic E-state index is -0.271. The van der Waals surface area contributed by atoms with Gasteiger partial charge >= 0.3 is 0 Å². The van der Waals surface area contributed by atoms with E-state index < -0.39 is 0 Å². The lowest BCUT2D eigenvalue weighted by Gasteiger charge is -2.16. The van der Waals surface area contributed by atoms with E-state index in [0.717, 1.165) is 22.6 Å². The normalized spacial score (nSPS) is 15.8. The molecular formula is C24H26N4O3. The number of ether oxygens (including phenoxy) is 1. The Morgan fingerprint density at radius 3 is 2.71 bits per heavy atom. The minimum Gasteiger partial charge on any atom is -0.497 e. The molecule has 0 radical (unpaired) electrons. The van der Waals surface area contributed by atoms with Crippen molar-refractivity contribution in [1.82, 2.24) is 14.7 Å². The maximum atomic E-state index is 13.1. The van der Waals surface area contributed by atoms with Crippen molar-refractivity contribution < 1.29 is 14.3 Å². The fraction of sp³-hybridized carbons (Fsp3) is 0.292. The van der Waals surface area contributed by atoms with E-state index in [4.69, 9.17) is 10.5 Å². The molecule has 2 N–H and O–H groups in total. The molecule has 0 aliphatic carbocycles. The highest BCUT2D eigenvalue weighted by atomic mass is 16.5. The highest BCUT2D eigenvalue weighted by molar-refractivity contribution is 6.02. The maximum Gasteiger partial charge on any atom is 0.227 e. The molecule has 0 unspecified atom stereocenters. The quantitative estimate of drug-likeness (QED) is 0.622. The third-order valence-electron chi connectivity index (χ3n) is 5.75. The summed E-state index contributed by atoms with van der Waals surface area (Å²) in [6, 6.07) is 15.3. The Balaban J connectivity index is 1.42. The lowest BCUT2D eigenvalue weighted by atomic mass is 9.98. The van der Waals surface area contributed by atoms with Crippen molar-refractivity contribution in [3.05, 3.63) is 71.4 Å². The molecular weight excluding hydrogens is 392 g/mol. The van der Waals surface area contributed by atoms with E-state index in [1.807, 2.05) is 55.5 Å². The van der Waals surface area contributed by atoms with Crippen LogP contribution in [-0.2, 0) is 11.2 Å². The van der Waals surface area contributed by atoms with E-state index in [-0.39, 0.29) is 24.0 Å². The topological polar surface area (TPSA) is 90.5 Å². The number of likely N-dealkylation sites (tertiary alicyclic amines) is 1. The van der Waals surface area contributed by atoms with Crippen molar-refractivity contribution in [1.29, 1.82) is 0 Å². The van der Waals surface area contributed by atoms with Gasteiger partial charge in [-0.25, -0.2) is 4.68 Å². The van der Waals surface area contributed by atoms with E-state index in [1.54, 1.807) is 16.7 Å². The Labute approximate surface area is 181 Å². The second-order valence-electron chi connectivity index (χ2n) is 7.91. The van der Waals surface area contributed by atoms with Crippen LogP contribution < -0.4 is 10.5 Å². The summed E-state index contributed by atoms with van der Waals surface area (Å²) in [6.07, 6.45) is 2.43. The van der Waals surface area contributed by atoms with Gasteiger partial charge in [-0.3, -0.25) is 9.59 Å². The van der Waals surface area contributed by atoms with Crippen molar-refractivity contribution in [3.63, 3.8) is 0 Å². The average Bonchev–Trinajstić information content (AvgIpc) is 3.41. The summed E-state index contributed by atoms with van der Waals surface area (Å²) in [5, 5.41) is 4.31. The van der Waals surface area contributed by atoms with Crippen LogP contribution in [0.3, 0.4) is 0 Å².